The Morgan fingerprint density at radius 3 is 2.16 bits per heavy atom. The Morgan fingerprint density at radius 1 is 1.05 bits per heavy atom. The number of hydrogen-bond acceptors (Lipinski definition) is 6. The summed E-state index contributed by atoms with van der Waals surface area (Å²) < 4.78 is 37.1. The number of sulfonamides is 1. The van der Waals surface area contributed by atoms with E-state index in [1.54, 1.807) is 44.4 Å². The van der Waals surface area contributed by atoms with Crippen molar-refractivity contribution >= 4 is 39.1 Å². The minimum Gasteiger partial charge on any atom is -0.497 e. The third kappa shape index (κ3) is 8.53. The van der Waals surface area contributed by atoms with Crippen LogP contribution >= 0.6 is 11.6 Å². The SMILES string of the molecule is CC[C@@H](C(=O)NC(C)(C)C)N(Cc1ccc(OC)cc1)C(=O)CN(c1cc(Cl)ccc1OC)S(C)(=O)=O. The quantitative estimate of drug-likeness (QED) is 0.453. The summed E-state index contributed by atoms with van der Waals surface area (Å²) in [5, 5.41) is 3.21. The van der Waals surface area contributed by atoms with Gasteiger partial charge in [-0.05, 0) is 63.1 Å². The number of hydrogen-bond donors (Lipinski definition) is 1. The summed E-state index contributed by atoms with van der Waals surface area (Å²) in [7, 11) is -0.977. The number of halogens is 1. The van der Waals surface area contributed by atoms with Crippen LogP contribution in [-0.4, -0.2) is 63.7 Å². The number of ether oxygens (including phenoxy) is 2. The van der Waals surface area contributed by atoms with E-state index in [0.29, 0.717) is 12.2 Å². The number of rotatable bonds is 11. The van der Waals surface area contributed by atoms with E-state index in [1.165, 1.54) is 24.1 Å². The van der Waals surface area contributed by atoms with Crippen LogP contribution in [0.5, 0.6) is 11.5 Å². The van der Waals surface area contributed by atoms with Crippen molar-refractivity contribution in [2.45, 2.75) is 52.2 Å². The first-order valence-corrected chi connectivity index (χ1v) is 14.0. The molecular formula is C26H36ClN3O6S. The van der Waals surface area contributed by atoms with Crippen LogP contribution in [0, 0.1) is 0 Å². The number of anilines is 1. The monoisotopic (exact) mass is 553 g/mol. The predicted molar refractivity (Wildman–Crippen MR) is 146 cm³/mol. The van der Waals surface area contributed by atoms with Crippen LogP contribution in [0.25, 0.3) is 0 Å². The molecule has 0 saturated heterocycles. The van der Waals surface area contributed by atoms with Gasteiger partial charge in [0.1, 0.15) is 24.1 Å². The van der Waals surface area contributed by atoms with Gasteiger partial charge in [-0.2, -0.15) is 0 Å². The molecule has 0 aliphatic carbocycles. The fraction of sp³-hybridized carbons (Fsp3) is 0.462. The molecule has 37 heavy (non-hydrogen) atoms. The lowest BCUT2D eigenvalue weighted by Gasteiger charge is -2.34. The van der Waals surface area contributed by atoms with Crippen LogP contribution in [0.2, 0.25) is 5.02 Å². The fourth-order valence-electron chi connectivity index (χ4n) is 3.75. The van der Waals surface area contributed by atoms with Gasteiger partial charge in [0, 0.05) is 17.1 Å². The fourth-order valence-corrected chi connectivity index (χ4v) is 4.76. The summed E-state index contributed by atoms with van der Waals surface area (Å²) in [6.07, 6.45) is 1.32. The molecule has 0 fully saturated rings. The maximum atomic E-state index is 13.8. The second kappa shape index (κ2) is 12.5. The molecule has 9 nitrogen and oxygen atoms in total. The number of carbonyl (C=O) groups excluding carboxylic acids is 2. The number of nitrogens with zero attached hydrogens (tertiary/aromatic N) is 2. The zero-order valence-corrected chi connectivity index (χ0v) is 23.9. The molecule has 0 saturated carbocycles. The zero-order valence-electron chi connectivity index (χ0n) is 22.4. The van der Waals surface area contributed by atoms with Crippen molar-refractivity contribution in [1.29, 1.82) is 0 Å². The zero-order chi connectivity index (χ0) is 28.0. The second-order valence-corrected chi connectivity index (χ2v) is 12.0. The van der Waals surface area contributed by atoms with E-state index in [4.69, 9.17) is 21.1 Å². The maximum Gasteiger partial charge on any atom is 0.244 e. The molecule has 0 radical (unpaired) electrons. The van der Waals surface area contributed by atoms with Gasteiger partial charge in [0.15, 0.2) is 0 Å². The van der Waals surface area contributed by atoms with Gasteiger partial charge in [0.2, 0.25) is 21.8 Å². The highest BCUT2D eigenvalue weighted by Crippen LogP contribution is 2.33. The summed E-state index contributed by atoms with van der Waals surface area (Å²) in [6, 6.07) is 10.8. The molecule has 0 unspecified atom stereocenters. The standard InChI is InChI=1S/C26H36ClN3O6S/c1-8-21(25(32)28-26(2,3)4)29(16-18-9-12-20(35-5)13-10-18)24(31)17-30(37(7,33)34)22-15-19(27)11-14-23(22)36-6/h9-15,21H,8,16-17H2,1-7H3,(H,28,32)/t21-/m0/s1. The molecule has 1 atom stereocenters. The Morgan fingerprint density at radius 2 is 1.68 bits per heavy atom. The van der Waals surface area contributed by atoms with Crippen molar-refractivity contribution in [2.24, 2.45) is 0 Å². The topological polar surface area (TPSA) is 105 Å². The Kier molecular flexibility index (Phi) is 10.2. The van der Waals surface area contributed by atoms with E-state index in [-0.39, 0.29) is 28.9 Å². The molecule has 0 aliphatic heterocycles. The van der Waals surface area contributed by atoms with Gasteiger partial charge in [-0.3, -0.25) is 13.9 Å². The molecule has 11 heteroatoms. The van der Waals surface area contributed by atoms with Crippen molar-refractivity contribution < 1.29 is 27.5 Å². The van der Waals surface area contributed by atoms with E-state index in [0.717, 1.165) is 16.1 Å². The van der Waals surface area contributed by atoms with E-state index < -0.39 is 34.1 Å². The molecule has 2 amide bonds. The van der Waals surface area contributed by atoms with Gasteiger partial charge < -0.3 is 19.7 Å². The second-order valence-electron chi connectivity index (χ2n) is 9.62. The summed E-state index contributed by atoms with van der Waals surface area (Å²) in [5.41, 5.74) is 0.358. The molecule has 2 aromatic carbocycles. The minimum absolute atomic E-state index is 0.0865. The largest absolute Gasteiger partial charge is 0.497 e. The van der Waals surface area contributed by atoms with Crippen molar-refractivity contribution in [2.75, 3.05) is 31.3 Å². The van der Waals surface area contributed by atoms with Gasteiger partial charge in [0.05, 0.1) is 26.2 Å². The third-order valence-electron chi connectivity index (χ3n) is 5.48. The lowest BCUT2D eigenvalue weighted by Crippen LogP contribution is -2.55. The average Bonchev–Trinajstić information content (AvgIpc) is 2.80. The number of methoxy groups -OCH3 is 2. The van der Waals surface area contributed by atoms with Gasteiger partial charge in [-0.25, -0.2) is 8.42 Å². The Balaban J connectivity index is 2.52. The van der Waals surface area contributed by atoms with E-state index >= 15 is 0 Å². The third-order valence-corrected chi connectivity index (χ3v) is 6.85. The van der Waals surface area contributed by atoms with Crippen LogP contribution in [-0.2, 0) is 26.2 Å². The highest BCUT2D eigenvalue weighted by Gasteiger charge is 2.33. The smallest absolute Gasteiger partial charge is 0.244 e. The number of amides is 2. The minimum atomic E-state index is -3.93. The highest BCUT2D eigenvalue weighted by atomic mass is 35.5. The molecule has 2 aromatic rings. The number of benzene rings is 2. The van der Waals surface area contributed by atoms with E-state index in [9.17, 15) is 18.0 Å². The predicted octanol–water partition coefficient (Wildman–Crippen LogP) is 3.85. The Bertz CT molecular complexity index is 1200. The van der Waals surface area contributed by atoms with Crippen molar-refractivity contribution in [3.05, 3.63) is 53.1 Å². The summed E-state index contributed by atoms with van der Waals surface area (Å²) in [5.74, 6) is -0.000391. The van der Waals surface area contributed by atoms with Gasteiger partial charge >= 0.3 is 0 Å². The summed E-state index contributed by atoms with van der Waals surface area (Å²) in [4.78, 5) is 28.4. The van der Waals surface area contributed by atoms with Crippen molar-refractivity contribution in [3.63, 3.8) is 0 Å². The van der Waals surface area contributed by atoms with Crippen LogP contribution in [0.3, 0.4) is 0 Å². The average molecular weight is 554 g/mol. The number of carbonyl (C=O) groups is 2. The van der Waals surface area contributed by atoms with Gasteiger partial charge in [-0.15, -0.1) is 0 Å². The molecule has 2 rings (SSSR count). The van der Waals surface area contributed by atoms with Crippen molar-refractivity contribution in [3.8, 4) is 11.5 Å². The molecular weight excluding hydrogens is 518 g/mol. The van der Waals surface area contributed by atoms with Crippen LogP contribution in [0.4, 0.5) is 5.69 Å². The molecule has 0 heterocycles. The Labute approximate surface area is 224 Å². The Hall–Kier alpha value is -2.98. The van der Waals surface area contributed by atoms with Crippen LogP contribution in [0.15, 0.2) is 42.5 Å². The van der Waals surface area contributed by atoms with Gasteiger partial charge in [-0.1, -0.05) is 30.7 Å². The maximum absolute atomic E-state index is 13.8. The van der Waals surface area contributed by atoms with Crippen LogP contribution < -0.4 is 19.1 Å². The lowest BCUT2D eigenvalue weighted by atomic mass is 10.1. The first kappa shape index (κ1) is 30.2. The highest BCUT2D eigenvalue weighted by molar-refractivity contribution is 7.92. The molecule has 0 aliphatic rings. The van der Waals surface area contributed by atoms with E-state index in [2.05, 4.69) is 5.32 Å². The van der Waals surface area contributed by atoms with E-state index in [1.807, 2.05) is 20.8 Å². The summed E-state index contributed by atoms with van der Waals surface area (Å²) in [6.45, 7) is 6.89. The molecule has 0 spiro atoms. The first-order chi connectivity index (χ1) is 17.2. The summed E-state index contributed by atoms with van der Waals surface area (Å²) >= 11 is 6.14. The molecule has 0 bridgehead atoms. The number of nitrogens with one attached hydrogen (secondary N) is 1. The molecule has 1 N–H and O–H groups in total. The first-order valence-electron chi connectivity index (χ1n) is 11.8. The normalized spacial score (nSPS) is 12.4. The van der Waals surface area contributed by atoms with Crippen molar-refractivity contribution in [1.82, 2.24) is 10.2 Å². The molecule has 204 valence electrons. The van der Waals surface area contributed by atoms with Crippen LogP contribution in [0.1, 0.15) is 39.7 Å². The molecule has 0 aromatic heterocycles. The van der Waals surface area contributed by atoms with Gasteiger partial charge in [0.25, 0.3) is 0 Å². The lowest BCUT2D eigenvalue weighted by molar-refractivity contribution is -0.141.